The lowest BCUT2D eigenvalue weighted by Gasteiger charge is -2.20. The van der Waals surface area contributed by atoms with E-state index in [0.29, 0.717) is 0 Å². The van der Waals surface area contributed by atoms with Crippen LogP contribution >= 0.6 is 0 Å². The van der Waals surface area contributed by atoms with E-state index >= 15 is 0 Å². The molecule has 1 aromatic heterocycles. The predicted molar refractivity (Wildman–Crippen MR) is 138 cm³/mol. The number of nitrogens with one attached hydrogen (secondary N) is 1. The molecule has 0 unspecified atom stereocenters. The van der Waals surface area contributed by atoms with Gasteiger partial charge in [0.15, 0.2) is 0 Å². The van der Waals surface area contributed by atoms with Gasteiger partial charge >= 0.3 is 0 Å². The van der Waals surface area contributed by atoms with Crippen molar-refractivity contribution in [2.24, 2.45) is 5.92 Å². The van der Waals surface area contributed by atoms with Crippen molar-refractivity contribution in [3.63, 3.8) is 0 Å². The van der Waals surface area contributed by atoms with Crippen LogP contribution in [0, 0.1) is 19.8 Å². The number of ether oxygens (including phenoxy) is 1. The molecule has 0 bridgehead atoms. The van der Waals surface area contributed by atoms with Crippen LogP contribution in [0.1, 0.15) is 68.3 Å². The van der Waals surface area contributed by atoms with Gasteiger partial charge in [-0.2, -0.15) is 0 Å². The van der Waals surface area contributed by atoms with Gasteiger partial charge in [0.2, 0.25) is 5.91 Å². The molecule has 1 amide bonds. The van der Waals surface area contributed by atoms with Gasteiger partial charge in [-0.15, -0.1) is 0 Å². The molecule has 5 heteroatoms. The van der Waals surface area contributed by atoms with E-state index in [1.165, 1.54) is 35.9 Å². The number of aromatic nitrogens is 2. The van der Waals surface area contributed by atoms with Gasteiger partial charge in [0.25, 0.3) is 0 Å². The zero-order valence-corrected chi connectivity index (χ0v) is 20.8. The van der Waals surface area contributed by atoms with Crippen LogP contribution in [0.25, 0.3) is 11.0 Å². The summed E-state index contributed by atoms with van der Waals surface area (Å²) in [5, 5.41) is 3.17. The fraction of sp³-hybridized carbons (Fsp3) is 0.517. The number of carbonyl (C=O) groups is 1. The molecule has 1 N–H and O–H groups in total. The van der Waals surface area contributed by atoms with Gasteiger partial charge in [-0.25, -0.2) is 4.98 Å². The number of nitrogens with zero attached hydrogens (tertiary/aromatic N) is 2. The first-order valence-corrected chi connectivity index (χ1v) is 13.0. The third kappa shape index (κ3) is 6.40. The van der Waals surface area contributed by atoms with Crippen molar-refractivity contribution in [3.05, 3.63) is 59.4 Å². The smallest absolute Gasteiger partial charge is 0.223 e. The summed E-state index contributed by atoms with van der Waals surface area (Å²) in [6.07, 6.45) is 9.58. The largest absolute Gasteiger partial charge is 0.493 e. The Kier molecular flexibility index (Phi) is 8.62. The summed E-state index contributed by atoms with van der Waals surface area (Å²) in [7, 11) is 0. The van der Waals surface area contributed by atoms with Gasteiger partial charge in [0, 0.05) is 25.4 Å². The minimum absolute atomic E-state index is 0.226. The molecule has 2 aromatic carbocycles. The second kappa shape index (κ2) is 12.0. The number of para-hydroxylation sites is 2. The van der Waals surface area contributed by atoms with Crippen LogP contribution in [0.5, 0.6) is 5.75 Å². The van der Waals surface area contributed by atoms with Crippen LogP contribution < -0.4 is 10.1 Å². The fourth-order valence-corrected chi connectivity index (χ4v) is 5.05. The molecule has 0 aliphatic heterocycles. The molecule has 0 atom stereocenters. The van der Waals surface area contributed by atoms with E-state index in [2.05, 4.69) is 60.1 Å². The SMILES string of the molecule is Cc1ccc(OCCCCn2c(CCCNC(=O)C3CCCCC3)nc3ccccc32)c(C)c1. The average Bonchev–Trinajstić information content (AvgIpc) is 3.20. The van der Waals surface area contributed by atoms with E-state index in [-0.39, 0.29) is 11.8 Å². The third-order valence-electron chi connectivity index (χ3n) is 6.95. The Hall–Kier alpha value is -2.82. The van der Waals surface area contributed by atoms with E-state index in [1.807, 2.05) is 6.07 Å². The Morgan fingerprint density at radius 1 is 1.06 bits per heavy atom. The number of unbranched alkanes of at least 4 members (excludes halogenated alkanes) is 1. The van der Waals surface area contributed by atoms with Crippen LogP contribution in [0.15, 0.2) is 42.5 Å². The first kappa shape index (κ1) is 24.3. The number of hydrogen-bond acceptors (Lipinski definition) is 3. The predicted octanol–water partition coefficient (Wildman–Crippen LogP) is 6.14. The highest BCUT2D eigenvalue weighted by molar-refractivity contribution is 5.78. The maximum Gasteiger partial charge on any atom is 0.223 e. The first-order chi connectivity index (χ1) is 16.6. The van der Waals surface area contributed by atoms with Crippen LogP contribution in [0.4, 0.5) is 0 Å². The number of hydrogen-bond donors (Lipinski definition) is 1. The molecule has 1 heterocycles. The van der Waals surface area contributed by atoms with E-state index in [1.54, 1.807) is 0 Å². The zero-order valence-electron chi connectivity index (χ0n) is 20.8. The topological polar surface area (TPSA) is 56.1 Å². The molecule has 3 aromatic rings. The first-order valence-electron chi connectivity index (χ1n) is 13.0. The van der Waals surface area contributed by atoms with Crippen molar-refractivity contribution in [2.45, 2.75) is 78.2 Å². The summed E-state index contributed by atoms with van der Waals surface area (Å²) in [5.41, 5.74) is 4.70. The molecule has 1 aliphatic carbocycles. The van der Waals surface area contributed by atoms with Crippen molar-refractivity contribution in [2.75, 3.05) is 13.2 Å². The number of imidazole rings is 1. The Bertz CT molecular complexity index is 1080. The van der Waals surface area contributed by atoms with E-state index < -0.39 is 0 Å². The molecule has 0 spiro atoms. The second-order valence-corrected chi connectivity index (χ2v) is 9.72. The van der Waals surface area contributed by atoms with Crippen LogP contribution in [-0.2, 0) is 17.8 Å². The average molecular weight is 462 g/mol. The van der Waals surface area contributed by atoms with E-state index in [0.717, 1.165) is 75.3 Å². The van der Waals surface area contributed by atoms with E-state index in [9.17, 15) is 4.79 Å². The van der Waals surface area contributed by atoms with Gasteiger partial charge in [-0.3, -0.25) is 4.79 Å². The highest BCUT2D eigenvalue weighted by Crippen LogP contribution is 2.24. The molecule has 34 heavy (non-hydrogen) atoms. The van der Waals surface area contributed by atoms with Crippen LogP contribution in [0.3, 0.4) is 0 Å². The zero-order chi connectivity index (χ0) is 23.8. The second-order valence-electron chi connectivity index (χ2n) is 9.72. The van der Waals surface area contributed by atoms with Crippen molar-refractivity contribution in [1.29, 1.82) is 0 Å². The summed E-state index contributed by atoms with van der Waals surface area (Å²) in [4.78, 5) is 17.3. The molecular formula is C29H39N3O2. The molecule has 1 fully saturated rings. The monoisotopic (exact) mass is 461 g/mol. The Morgan fingerprint density at radius 2 is 1.88 bits per heavy atom. The number of aryl methyl sites for hydroxylation is 4. The number of amides is 1. The fourth-order valence-electron chi connectivity index (χ4n) is 5.05. The lowest BCUT2D eigenvalue weighted by atomic mass is 9.89. The summed E-state index contributed by atoms with van der Waals surface area (Å²) < 4.78 is 8.37. The highest BCUT2D eigenvalue weighted by atomic mass is 16.5. The molecular weight excluding hydrogens is 422 g/mol. The van der Waals surface area contributed by atoms with Crippen LogP contribution in [-0.4, -0.2) is 28.6 Å². The summed E-state index contributed by atoms with van der Waals surface area (Å²) in [6.45, 7) is 6.58. The summed E-state index contributed by atoms with van der Waals surface area (Å²) in [6, 6.07) is 14.7. The van der Waals surface area contributed by atoms with Crippen molar-refractivity contribution >= 4 is 16.9 Å². The van der Waals surface area contributed by atoms with Crippen molar-refractivity contribution in [1.82, 2.24) is 14.9 Å². The van der Waals surface area contributed by atoms with Crippen molar-refractivity contribution in [3.8, 4) is 5.75 Å². The summed E-state index contributed by atoms with van der Waals surface area (Å²) >= 11 is 0. The van der Waals surface area contributed by atoms with Gasteiger partial charge < -0.3 is 14.6 Å². The minimum Gasteiger partial charge on any atom is -0.493 e. The quantitative estimate of drug-likeness (QED) is 0.349. The van der Waals surface area contributed by atoms with Gasteiger partial charge in [-0.1, -0.05) is 49.1 Å². The van der Waals surface area contributed by atoms with Crippen LogP contribution in [0.2, 0.25) is 0 Å². The molecule has 0 radical (unpaired) electrons. The minimum atomic E-state index is 0.226. The maximum absolute atomic E-state index is 12.4. The van der Waals surface area contributed by atoms with Gasteiger partial charge in [-0.05, 0) is 69.7 Å². The third-order valence-corrected chi connectivity index (χ3v) is 6.95. The molecule has 0 saturated heterocycles. The lowest BCUT2D eigenvalue weighted by molar-refractivity contribution is -0.125. The maximum atomic E-state index is 12.4. The Labute approximate surface area is 203 Å². The number of benzene rings is 2. The normalized spacial score (nSPS) is 14.4. The molecule has 1 saturated carbocycles. The lowest BCUT2D eigenvalue weighted by Crippen LogP contribution is -2.32. The number of fused-ring (bicyclic) bond motifs is 1. The van der Waals surface area contributed by atoms with E-state index in [4.69, 9.17) is 9.72 Å². The van der Waals surface area contributed by atoms with Gasteiger partial charge in [0.05, 0.1) is 17.6 Å². The molecule has 1 aliphatic rings. The molecule has 5 nitrogen and oxygen atoms in total. The standard InChI is InChI=1S/C29H39N3O2/c1-22-16-17-27(23(2)21-22)34-20-9-8-19-32-26-14-7-6-13-25(26)31-28(32)15-10-18-30-29(33)24-11-4-3-5-12-24/h6-7,13-14,16-17,21,24H,3-5,8-12,15,18-20H2,1-2H3,(H,30,33). The Balaban J connectivity index is 1.27. The number of rotatable bonds is 11. The Morgan fingerprint density at radius 3 is 2.71 bits per heavy atom. The molecule has 4 rings (SSSR count). The number of carbonyl (C=O) groups excluding carboxylic acids is 1. The van der Waals surface area contributed by atoms with Crippen molar-refractivity contribution < 1.29 is 9.53 Å². The highest BCUT2D eigenvalue weighted by Gasteiger charge is 2.20. The molecule has 182 valence electrons. The summed E-state index contributed by atoms with van der Waals surface area (Å²) in [5.74, 6) is 2.57. The van der Waals surface area contributed by atoms with Gasteiger partial charge in [0.1, 0.15) is 11.6 Å².